The van der Waals surface area contributed by atoms with Crippen molar-refractivity contribution in [1.82, 2.24) is 0 Å². The van der Waals surface area contributed by atoms with Crippen LogP contribution in [0.3, 0.4) is 0 Å². The normalized spacial score (nSPS) is 22.3. The number of rotatable bonds is 8. The van der Waals surface area contributed by atoms with Gasteiger partial charge in [0.15, 0.2) is 0 Å². The van der Waals surface area contributed by atoms with Gasteiger partial charge in [-0.05, 0) is 11.1 Å². The van der Waals surface area contributed by atoms with Gasteiger partial charge in [-0.1, -0.05) is 60.7 Å². The molecule has 0 radical (unpaired) electrons. The van der Waals surface area contributed by atoms with E-state index in [0.717, 1.165) is 11.1 Å². The third-order valence-electron chi connectivity index (χ3n) is 4.16. The highest BCUT2D eigenvalue weighted by Gasteiger charge is 2.38. The summed E-state index contributed by atoms with van der Waals surface area (Å²) < 4.78 is 22.8. The molecule has 0 amide bonds. The Hall–Kier alpha value is -2.21. The minimum atomic E-state index is -0.585. The van der Waals surface area contributed by atoms with Crippen molar-refractivity contribution in [2.45, 2.75) is 45.1 Å². The number of carbonyl (C=O) groups excluding carboxylic acids is 1. The molecule has 1 aliphatic heterocycles. The minimum Gasteiger partial charge on any atom is -0.436 e. The maximum atomic E-state index is 11.2. The predicted octanol–water partition coefficient (Wildman–Crippen LogP) is 3.47. The summed E-state index contributed by atoms with van der Waals surface area (Å²) in [5.41, 5.74) is 2.19. The Kier molecular flexibility index (Phi) is 6.77. The van der Waals surface area contributed by atoms with Crippen LogP contribution in [0.2, 0.25) is 0 Å². The fraction of sp³-hybridized carbons (Fsp3) is 0.381. The molecule has 0 bridgehead atoms. The van der Waals surface area contributed by atoms with Crippen LogP contribution in [0, 0.1) is 0 Å². The molecule has 2 aromatic rings. The first-order valence-corrected chi connectivity index (χ1v) is 8.80. The lowest BCUT2D eigenvalue weighted by molar-refractivity contribution is -0.177. The number of ether oxygens (including phenoxy) is 4. The van der Waals surface area contributed by atoms with Crippen LogP contribution in [0.15, 0.2) is 60.7 Å². The summed E-state index contributed by atoms with van der Waals surface area (Å²) in [6, 6.07) is 19.9. The molecule has 0 N–H and O–H groups in total. The SMILES string of the molecule is CC(=O)OC1C[C@H](OCc2ccccc2)[C@H](COCc2ccccc2)O1. The van der Waals surface area contributed by atoms with E-state index >= 15 is 0 Å². The van der Waals surface area contributed by atoms with Gasteiger partial charge in [-0.15, -0.1) is 0 Å². The van der Waals surface area contributed by atoms with E-state index in [1.807, 2.05) is 60.7 Å². The Morgan fingerprint density at radius 1 is 1.00 bits per heavy atom. The van der Waals surface area contributed by atoms with E-state index in [4.69, 9.17) is 18.9 Å². The van der Waals surface area contributed by atoms with Crippen LogP contribution in [-0.2, 0) is 37.0 Å². The van der Waals surface area contributed by atoms with Crippen LogP contribution in [0.4, 0.5) is 0 Å². The van der Waals surface area contributed by atoms with Crippen LogP contribution < -0.4 is 0 Å². The maximum Gasteiger partial charge on any atom is 0.304 e. The molecule has 1 saturated heterocycles. The van der Waals surface area contributed by atoms with Gasteiger partial charge in [0, 0.05) is 13.3 Å². The second-order valence-corrected chi connectivity index (χ2v) is 6.29. The zero-order valence-corrected chi connectivity index (χ0v) is 14.9. The molecule has 1 unspecified atom stereocenters. The van der Waals surface area contributed by atoms with Crippen LogP contribution in [-0.4, -0.2) is 31.1 Å². The molecule has 5 nitrogen and oxygen atoms in total. The van der Waals surface area contributed by atoms with Gasteiger partial charge in [-0.2, -0.15) is 0 Å². The fourth-order valence-corrected chi connectivity index (χ4v) is 2.91. The fourth-order valence-electron chi connectivity index (χ4n) is 2.91. The molecule has 3 rings (SSSR count). The van der Waals surface area contributed by atoms with E-state index in [1.54, 1.807) is 0 Å². The topological polar surface area (TPSA) is 54.0 Å². The number of hydrogen-bond acceptors (Lipinski definition) is 5. The molecule has 1 fully saturated rings. The first kappa shape index (κ1) is 18.6. The lowest BCUT2D eigenvalue weighted by Crippen LogP contribution is -2.29. The third kappa shape index (κ3) is 5.66. The van der Waals surface area contributed by atoms with Gasteiger partial charge in [-0.3, -0.25) is 4.79 Å². The van der Waals surface area contributed by atoms with Crippen molar-refractivity contribution in [2.24, 2.45) is 0 Å². The standard InChI is InChI=1S/C21H24O5/c1-16(22)25-21-12-19(24-14-18-10-6-3-7-11-18)20(26-21)15-23-13-17-8-4-2-5-9-17/h2-11,19-21H,12-15H2,1H3/t19-,20-,21?/m0/s1. The van der Waals surface area contributed by atoms with Crippen LogP contribution in [0.25, 0.3) is 0 Å². The second-order valence-electron chi connectivity index (χ2n) is 6.29. The van der Waals surface area contributed by atoms with Crippen LogP contribution in [0.5, 0.6) is 0 Å². The average Bonchev–Trinajstić information content (AvgIpc) is 3.02. The molecule has 0 saturated carbocycles. The summed E-state index contributed by atoms with van der Waals surface area (Å²) in [4.78, 5) is 11.2. The van der Waals surface area contributed by atoms with Crippen molar-refractivity contribution < 1.29 is 23.7 Å². The van der Waals surface area contributed by atoms with Gasteiger partial charge >= 0.3 is 5.97 Å². The summed E-state index contributed by atoms with van der Waals surface area (Å²) in [5, 5.41) is 0. The molecule has 26 heavy (non-hydrogen) atoms. The molecule has 5 heteroatoms. The van der Waals surface area contributed by atoms with Crippen LogP contribution >= 0.6 is 0 Å². The Morgan fingerprint density at radius 3 is 2.23 bits per heavy atom. The zero-order valence-electron chi connectivity index (χ0n) is 14.9. The largest absolute Gasteiger partial charge is 0.436 e. The molecule has 1 aliphatic rings. The van der Waals surface area contributed by atoms with E-state index in [2.05, 4.69) is 0 Å². The Balaban J connectivity index is 1.53. The summed E-state index contributed by atoms with van der Waals surface area (Å²) in [5.74, 6) is -0.359. The highest BCUT2D eigenvalue weighted by atomic mass is 16.7. The molecule has 138 valence electrons. The van der Waals surface area contributed by atoms with Crippen molar-refractivity contribution in [3.05, 3.63) is 71.8 Å². The molecule has 0 spiro atoms. The molecule has 0 aliphatic carbocycles. The van der Waals surface area contributed by atoms with Gasteiger partial charge < -0.3 is 18.9 Å². The number of hydrogen-bond donors (Lipinski definition) is 0. The van der Waals surface area contributed by atoms with Gasteiger partial charge in [0.05, 0.1) is 25.9 Å². The Labute approximate surface area is 153 Å². The lowest BCUT2D eigenvalue weighted by atomic mass is 10.2. The van der Waals surface area contributed by atoms with E-state index in [0.29, 0.717) is 26.2 Å². The van der Waals surface area contributed by atoms with Gasteiger partial charge in [0.1, 0.15) is 6.10 Å². The monoisotopic (exact) mass is 356 g/mol. The molecule has 1 heterocycles. The summed E-state index contributed by atoms with van der Waals surface area (Å²) >= 11 is 0. The van der Waals surface area contributed by atoms with Crippen molar-refractivity contribution in [1.29, 1.82) is 0 Å². The zero-order chi connectivity index (χ0) is 18.2. The third-order valence-corrected chi connectivity index (χ3v) is 4.16. The molecular formula is C21H24O5. The summed E-state index contributed by atoms with van der Waals surface area (Å²) in [6.45, 7) is 2.75. The first-order valence-electron chi connectivity index (χ1n) is 8.80. The quantitative estimate of drug-likeness (QED) is 0.678. The number of benzene rings is 2. The Bertz CT molecular complexity index is 673. The molecule has 0 aromatic heterocycles. The van der Waals surface area contributed by atoms with E-state index < -0.39 is 6.29 Å². The van der Waals surface area contributed by atoms with Crippen molar-refractivity contribution in [2.75, 3.05) is 6.61 Å². The van der Waals surface area contributed by atoms with E-state index in [-0.39, 0.29) is 18.2 Å². The average molecular weight is 356 g/mol. The van der Waals surface area contributed by atoms with Gasteiger partial charge in [0.25, 0.3) is 0 Å². The number of carbonyl (C=O) groups is 1. The van der Waals surface area contributed by atoms with Crippen LogP contribution in [0.1, 0.15) is 24.5 Å². The minimum absolute atomic E-state index is 0.185. The number of esters is 1. The van der Waals surface area contributed by atoms with Gasteiger partial charge in [-0.25, -0.2) is 0 Å². The smallest absolute Gasteiger partial charge is 0.304 e. The van der Waals surface area contributed by atoms with Crippen molar-refractivity contribution >= 4 is 5.97 Å². The van der Waals surface area contributed by atoms with E-state index in [9.17, 15) is 4.79 Å². The van der Waals surface area contributed by atoms with Crippen molar-refractivity contribution in [3.8, 4) is 0 Å². The summed E-state index contributed by atoms with van der Waals surface area (Å²) in [7, 11) is 0. The highest BCUT2D eigenvalue weighted by molar-refractivity contribution is 5.66. The van der Waals surface area contributed by atoms with E-state index in [1.165, 1.54) is 6.92 Å². The highest BCUT2D eigenvalue weighted by Crippen LogP contribution is 2.26. The Morgan fingerprint density at radius 2 is 1.62 bits per heavy atom. The maximum absolute atomic E-state index is 11.2. The van der Waals surface area contributed by atoms with Gasteiger partial charge in [0.2, 0.25) is 6.29 Å². The molecular weight excluding hydrogens is 332 g/mol. The molecule has 2 aromatic carbocycles. The predicted molar refractivity (Wildman–Crippen MR) is 96.2 cm³/mol. The van der Waals surface area contributed by atoms with Crippen molar-refractivity contribution in [3.63, 3.8) is 0 Å². The second kappa shape index (κ2) is 9.48. The lowest BCUT2D eigenvalue weighted by Gasteiger charge is -2.19. The molecule has 3 atom stereocenters. The first-order chi connectivity index (χ1) is 12.7. The summed E-state index contributed by atoms with van der Waals surface area (Å²) in [6.07, 6.45) is -0.535.